The largest absolute Gasteiger partial charge is 1.00 e. The summed E-state index contributed by atoms with van der Waals surface area (Å²) in [6.45, 7) is -1.80. The molecule has 3 N–H and O–H groups in total. The Kier molecular flexibility index (Phi) is 28.2. The van der Waals surface area contributed by atoms with Crippen LogP contribution >= 0.6 is 0 Å². The van der Waals surface area contributed by atoms with E-state index in [1.54, 1.807) is 0 Å². The minimum absolute atomic E-state index is 0. The maximum Gasteiger partial charge on any atom is 1.00 e. The average Bonchev–Trinajstić information content (AvgIpc) is 1.80. The van der Waals surface area contributed by atoms with E-state index in [1.165, 1.54) is 0 Å². The zero-order valence-electron chi connectivity index (χ0n) is 12.6. The quantitative estimate of drug-likeness (QED) is 0.417. The molecule has 10 heteroatoms. The number of hydrogen-bond acceptors (Lipinski definition) is 4. The van der Waals surface area contributed by atoms with Crippen molar-refractivity contribution in [1.82, 2.24) is 4.90 Å². The van der Waals surface area contributed by atoms with E-state index < -0.39 is 37.5 Å². The molecule has 0 aromatic carbocycles. The van der Waals surface area contributed by atoms with Crippen molar-refractivity contribution in [3.05, 3.63) is 0 Å². The second kappa shape index (κ2) is 16.3. The Balaban J connectivity index is -0.0000000480. The van der Waals surface area contributed by atoms with Crippen molar-refractivity contribution in [3.63, 3.8) is 0 Å². The van der Waals surface area contributed by atoms with Gasteiger partial charge in [0.2, 0.25) is 0 Å². The van der Waals surface area contributed by atoms with Gasteiger partial charge >= 0.3 is 172 Å². The number of aliphatic carboxylic acids is 3. The Morgan fingerprint density at radius 3 is 1.06 bits per heavy atom. The van der Waals surface area contributed by atoms with Crippen LogP contribution in [0.5, 0.6) is 0 Å². The molecule has 0 rings (SSSR count). The van der Waals surface area contributed by atoms with Gasteiger partial charge in [0, 0.05) is 0 Å². The van der Waals surface area contributed by atoms with Crippen molar-refractivity contribution >= 4 is 17.9 Å². The number of rotatable bonds is 6. The van der Waals surface area contributed by atoms with E-state index >= 15 is 0 Å². The van der Waals surface area contributed by atoms with Crippen LogP contribution in [0, 0.1) is 0 Å². The molecule has 0 radical (unpaired) electrons. The van der Waals surface area contributed by atoms with Gasteiger partial charge in [0.1, 0.15) is 0 Å². The Hall–Kier alpha value is 3.28. The normalized spacial score (nSPS) is 8.06. The van der Waals surface area contributed by atoms with E-state index in [4.69, 9.17) is 15.3 Å². The fourth-order valence-corrected chi connectivity index (χ4v) is 0.742. The molecule has 0 aliphatic heterocycles. The van der Waals surface area contributed by atoms with Gasteiger partial charge in [-0.1, -0.05) is 0 Å². The zero-order chi connectivity index (χ0) is 10.4. The van der Waals surface area contributed by atoms with Gasteiger partial charge in [-0.15, -0.1) is 0 Å². The van der Waals surface area contributed by atoms with E-state index in [0.29, 0.717) is 0 Å². The van der Waals surface area contributed by atoms with Crippen LogP contribution in [0.1, 0.15) is 4.28 Å². The summed E-state index contributed by atoms with van der Waals surface area (Å²) in [6, 6.07) is 0. The van der Waals surface area contributed by atoms with Crippen LogP contribution in [0.4, 0.5) is 0 Å². The molecule has 0 aromatic heterocycles. The number of hydrogen-bond donors (Lipinski definition) is 3. The molecule has 0 spiro atoms. The SMILES string of the molecule is O=C(O)CN(CC(=O)O)CC(=O)O.[H-].[H-].[H-].[K+].[K+].[K+]. The van der Waals surface area contributed by atoms with Crippen LogP contribution in [0.15, 0.2) is 0 Å². The molecule has 0 aliphatic carbocycles. The third kappa shape index (κ3) is 19.6. The smallest absolute Gasteiger partial charge is 1.00 e. The first kappa shape index (κ1) is 27.6. The maximum atomic E-state index is 10.1. The number of nitrogens with zero attached hydrogens (tertiary/aromatic N) is 1. The molecule has 0 aromatic rings. The van der Waals surface area contributed by atoms with Gasteiger partial charge in [-0.2, -0.15) is 0 Å². The molecular formula is C6H12K3NO6. The Labute approximate surface area is 224 Å². The molecule has 0 saturated heterocycles. The van der Waals surface area contributed by atoms with E-state index in [9.17, 15) is 14.4 Å². The van der Waals surface area contributed by atoms with Crippen molar-refractivity contribution in [3.8, 4) is 0 Å². The predicted octanol–water partition coefficient (Wildman–Crippen LogP) is -10.1. The van der Waals surface area contributed by atoms with Crippen LogP contribution in [-0.2, 0) is 14.4 Å². The fraction of sp³-hybridized carbons (Fsp3) is 0.500. The van der Waals surface area contributed by atoms with Crippen molar-refractivity contribution in [2.75, 3.05) is 19.6 Å². The van der Waals surface area contributed by atoms with Crippen LogP contribution in [0.25, 0.3) is 0 Å². The average molecular weight is 311 g/mol. The molecule has 0 amide bonds. The van der Waals surface area contributed by atoms with Crippen molar-refractivity contribution in [1.29, 1.82) is 0 Å². The first-order valence-electron chi connectivity index (χ1n) is 3.29. The predicted molar refractivity (Wildman–Crippen MR) is 42.7 cm³/mol. The Morgan fingerprint density at radius 2 is 0.938 bits per heavy atom. The van der Waals surface area contributed by atoms with E-state index in [2.05, 4.69) is 0 Å². The fourth-order valence-electron chi connectivity index (χ4n) is 0.742. The van der Waals surface area contributed by atoms with Gasteiger partial charge in [-0.05, 0) is 0 Å². The summed E-state index contributed by atoms with van der Waals surface area (Å²) in [7, 11) is 0. The van der Waals surface area contributed by atoms with Gasteiger partial charge < -0.3 is 19.6 Å². The Morgan fingerprint density at radius 1 is 0.750 bits per heavy atom. The standard InChI is InChI=1S/C6H9NO6.3K.3H/c8-4(9)1-7(2-5(10)11)3-6(12)13;;;;;;/h1-3H2,(H,8,9)(H,10,11)(H,12,13);;;;;;/q;3*+1;3*-1. The first-order valence-corrected chi connectivity index (χ1v) is 3.29. The topological polar surface area (TPSA) is 115 Å². The molecule has 16 heavy (non-hydrogen) atoms. The van der Waals surface area contributed by atoms with E-state index in [-0.39, 0.29) is 158 Å². The first-order chi connectivity index (χ1) is 5.91. The summed E-state index contributed by atoms with van der Waals surface area (Å²) in [5.41, 5.74) is 0. The molecule has 80 valence electrons. The number of carboxylic acid groups (broad SMARTS) is 3. The summed E-state index contributed by atoms with van der Waals surface area (Å²) in [4.78, 5) is 31.2. The van der Waals surface area contributed by atoms with E-state index in [0.717, 1.165) is 4.90 Å². The van der Waals surface area contributed by atoms with Gasteiger partial charge in [0.25, 0.3) is 0 Å². The van der Waals surface area contributed by atoms with Gasteiger partial charge in [0.15, 0.2) is 0 Å². The summed E-state index contributed by atoms with van der Waals surface area (Å²) in [6.07, 6.45) is 0. The van der Waals surface area contributed by atoms with Crippen LogP contribution in [0.3, 0.4) is 0 Å². The molecule has 0 aliphatic rings. The third-order valence-electron chi connectivity index (χ3n) is 1.08. The molecule has 0 saturated carbocycles. The summed E-state index contributed by atoms with van der Waals surface area (Å²) >= 11 is 0. The minimum Gasteiger partial charge on any atom is -1.00 e. The van der Waals surface area contributed by atoms with Crippen molar-refractivity contribution in [2.24, 2.45) is 0 Å². The van der Waals surface area contributed by atoms with Crippen molar-refractivity contribution in [2.45, 2.75) is 0 Å². The number of carbonyl (C=O) groups is 3. The van der Waals surface area contributed by atoms with E-state index in [1.807, 2.05) is 0 Å². The second-order valence-electron chi connectivity index (χ2n) is 2.33. The Bertz CT molecular complexity index is 210. The molecule has 0 bridgehead atoms. The molecule has 7 nitrogen and oxygen atoms in total. The van der Waals surface area contributed by atoms with Gasteiger partial charge in [-0.3, -0.25) is 19.3 Å². The van der Waals surface area contributed by atoms with Crippen LogP contribution < -0.4 is 154 Å². The monoisotopic (exact) mass is 311 g/mol. The molecular weight excluding hydrogens is 299 g/mol. The van der Waals surface area contributed by atoms with Gasteiger partial charge in [0.05, 0.1) is 19.6 Å². The molecule has 0 unspecified atom stereocenters. The maximum absolute atomic E-state index is 10.1. The van der Waals surface area contributed by atoms with Crippen LogP contribution in [0.2, 0.25) is 0 Å². The second-order valence-corrected chi connectivity index (χ2v) is 2.33. The molecule has 0 heterocycles. The number of carboxylic acids is 3. The van der Waals surface area contributed by atoms with Gasteiger partial charge in [-0.25, -0.2) is 0 Å². The molecule has 0 atom stereocenters. The van der Waals surface area contributed by atoms with Crippen LogP contribution in [-0.4, -0.2) is 57.8 Å². The third-order valence-corrected chi connectivity index (χ3v) is 1.08. The van der Waals surface area contributed by atoms with Crippen molar-refractivity contribution < 1.29 is 188 Å². The summed E-state index contributed by atoms with van der Waals surface area (Å²) < 4.78 is 0. The molecule has 0 fully saturated rings. The summed E-state index contributed by atoms with van der Waals surface area (Å²) in [5, 5.41) is 24.8. The minimum atomic E-state index is -1.26. The summed E-state index contributed by atoms with van der Waals surface area (Å²) in [5.74, 6) is -3.78. The zero-order valence-corrected chi connectivity index (χ0v) is 19.0.